The van der Waals surface area contributed by atoms with Crippen LogP contribution in [0.4, 0.5) is 4.39 Å². The van der Waals surface area contributed by atoms with Crippen molar-refractivity contribution in [1.29, 1.82) is 0 Å². The van der Waals surface area contributed by atoms with Crippen molar-refractivity contribution in [2.45, 2.75) is 25.3 Å². The molecule has 1 amide bonds. The molecule has 19 heavy (non-hydrogen) atoms. The molecular formula is C13H17Cl2FN2O. The fraction of sp³-hybridized carbons (Fsp3) is 0.462. The van der Waals surface area contributed by atoms with Gasteiger partial charge in [0.25, 0.3) is 0 Å². The zero-order valence-corrected chi connectivity index (χ0v) is 12.0. The standard InChI is InChI=1S/C13H16ClFN2O.ClH/c14-11-8-10(15)4-3-9(11)5-7-17-13(18)12-2-1-6-16-12;/h3-4,8,12,16H,1-2,5-7H2,(H,17,18);1H. The molecule has 0 saturated carbocycles. The van der Waals surface area contributed by atoms with Crippen LogP contribution in [0.2, 0.25) is 5.02 Å². The summed E-state index contributed by atoms with van der Waals surface area (Å²) in [7, 11) is 0. The van der Waals surface area contributed by atoms with E-state index < -0.39 is 0 Å². The van der Waals surface area contributed by atoms with Gasteiger partial charge in [-0.05, 0) is 43.5 Å². The van der Waals surface area contributed by atoms with Crippen LogP contribution in [-0.4, -0.2) is 25.0 Å². The van der Waals surface area contributed by atoms with Crippen LogP contribution in [-0.2, 0) is 11.2 Å². The van der Waals surface area contributed by atoms with E-state index in [4.69, 9.17) is 11.6 Å². The first-order chi connectivity index (χ1) is 8.66. The maximum Gasteiger partial charge on any atom is 0.237 e. The Bertz CT molecular complexity index is 437. The van der Waals surface area contributed by atoms with Gasteiger partial charge in [0.15, 0.2) is 0 Å². The third-order valence-electron chi connectivity index (χ3n) is 3.09. The maximum atomic E-state index is 12.8. The molecule has 6 heteroatoms. The number of carbonyl (C=O) groups excluding carboxylic acids is 1. The second-order valence-corrected chi connectivity index (χ2v) is 4.83. The highest BCUT2D eigenvalue weighted by Gasteiger charge is 2.21. The minimum absolute atomic E-state index is 0. The van der Waals surface area contributed by atoms with Crippen molar-refractivity contribution in [2.24, 2.45) is 0 Å². The first kappa shape index (κ1) is 16.2. The molecule has 0 aromatic heterocycles. The SMILES string of the molecule is Cl.O=C(NCCc1ccc(F)cc1Cl)C1CCCN1. The number of benzene rings is 1. The van der Waals surface area contributed by atoms with E-state index >= 15 is 0 Å². The molecule has 0 radical (unpaired) electrons. The van der Waals surface area contributed by atoms with Crippen LogP contribution in [0.15, 0.2) is 18.2 Å². The van der Waals surface area contributed by atoms with Crippen molar-refractivity contribution in [2.75, 3.05) is 13.1 Å². The van der Waals surface area contributed by atoms with Crippen LogP contribution in [0.3, 0.4) is 0 Å². The van der Waals surface area contributed by atoms with Crippen molar-refractivity contribution in [3.8, 4) is 0 Å². The Morgan fingerprint density at radius 2 is 2.32 bits per heavy atom. The molecule has 1 saturated heterocycles. The molecule has 1 atom stereocenters. The number of nitrogens with one attached hydrogen (secondary N) is 2. The molecule has 1 heterocycles. The van der Waals surface area contributed by atoms with E-state index in [9.17, 15) is 9.18 Å². The van der Waals surface area contributed by atoms with Crippen molar-refractivity contribution in [3.63, 3.8) is 0 Å². The van der Waals surface area contributed by atoms with Crippen LogP contribution < -0.4 is 10.6 Å². The number of halogens is 3. The van der Waals surface area contributed by atoms with Crippen LogP contribution >= 0.6 is 24.0 Å². The zero-order chi connectivity index (χ0) is 13.0. The van der Waals surface area contributed by atoms with Gasteiger partial charge in [-0.25, -0.2) is 4.39 Å². The molecule has 2 rings (SSSR count). The highest BCUT2D eigenvalue weighted by Crippen LogP contribution is 2.17. The highest BCUT2D eigenvalue weighted by molar-refractivity contribution is 6.31. The van der Waals surface area contributed by atoms with Gasteiger partial charge in [-0.2, -0.15) is 0 Å². The third kappa shape index (κ3) is 4.64. The van der Waals surface area contributed by atoms with Gasteiger partial charge in [0.05, 0.1) is 6.04 Å². The summed E-state index contributed by atoms with van der Waals surface area (Å²) in [5, 5.41) is 6.40. The van der Waals surface area contributed by atoms with E-state index in [0.29, 0.717) is 18.0 Å². The number of rotatable bonds is 4. The van der Waals surface area contributed by atoms with Crippen LogP contribution in [0.1, 0.15) is 18.4 Å². The smallest absolute Gasteiger partial charge is 0.237 e. The minimum atomic E-state index is -0.344. The predicted octanol–water partition coefficient (Wildman–Crippen LogP) is 2.31. The summed E-state index contributed by atoms with van der Waals surface area (Å²) in [4.78, 5) is 11.7. The topological polar surface area (TPSA) is 41.1 Å². The van der Waals surface area contributed by atoms with Crippen molar-refractivity contribution < 1.29 is 9.18 Å². The summed E-state index contributed by atoms with van der Waals surface area (Å²) in [5.41, 5.74) is 0.845. The largest absolute Gasteiger partial charge is 0.354 e. The Hall–Kier alpha value is -0.840. The van der Waals surface area contributed by atoms with Gasteiger partial charge in [0, 0.05) is 11.6 Å². The third-order valence-corrected chi connectivity index (χ3v) is 3.44. The summed E-state index contributed by atoms with van der Waals surface area (Å²) in [6.07, 6.45) is 2.54. The zero-order valence-electron chi connectivity index (χ0n) is 10.4. The Balaban J connectivity index is 0.00000180. The molecule has 1 aliphatic rings. The van der Waals surface area contributed by atoms with Gasteiger partial charge >= 0.3 is 0 Å². The minimum Gasteiger partial charge on any atom is -0.354 e. The molecule has 1 aliphatic heterocycles. The molecule has 3 nitrogen and oxygen atoms in total. The molecule has 0 aliphatic carbocycles. The van der Waals surface area contributed by atoms with Crippen LogP contribution in [0.5, 0.6) is 0 Å². The maximum absolute atomic E-state index is 12.8. The number of carbonyl (C=O) groups is 1. The summed E-state index contributed by atoms with van der Waals surface area (Å²) in [5.74, 6) is -0.311. The van der Waals surface area contributed by atoms with Crippen molar-refractivity contribution in [3.05, 3.63) is 34.6 Å². The Morgan fingerprint density at radius 1 is 1.53 bits per heavy atom. The predicted molar refractivity (Wildman–Crippen MR) is 76.4 cm³/mol. The molecule has 1 aromatic carbocycles. The van der Waals surface area contributed by atoms with Gasteiger partial charge in [0.1, 0.15) is 5.82 Å². The molecule has 106 valence electrons. The fourth-order valence-electron chi connectivity index (χ4n) is 2.08. The van der Waals surface area contributed by atoms with Crippen LogP contribution in [0, 0.1) is 5.82 Å². The summed E-state index contributed by atoms with van der Waals surface area (Å²) in [6, 6.07) is 4.25. The molecular weight excluding hydrogens is 290 g/mol. The van der Waals surface area contributed by atoms with E-state index in [1.165, 1.54) is 12.1 Å². The van der Waals surface area contributed by atoms with E-state index in [2.05, 4.69) is 10.6 Å². The molecule has 1 unspecified atom stereocenters. The number of hydrogen-bond donors (Lipinski definition) is 2. The number of hydrogen-bond acceptors (Lipinski definition) is 2. The lowest BCUT2D eigenvalue weighted by molar-refractivity contribution is -0.122. The van der Waals surface area contributed by atoms with Crippen molar-refractivity contribution in [1.82, 2.24) is 10.6 Å². The van der Waals surface area contributed by atoms with Gasteiger partial charge in [-0.15, -0.1) is 12.4 Å². The van der Waals surface area contributed by atoms with Gasteiger partial charge < -0.3 is 10.6 Å². The normalized spacial score (nSPS) is 17.9. The molecule has 1 fully saturated rings. The molecule has 0 spiro atoms. The van der Waals surface area contributed by atoms with Gasteiger partial charge in [-0.1, -0.05) is 17.7 Å². The van der Waals surface area contributed by atoms with Crippen LogP contribution in [0.25, 0.3) is 0 Å². The van der Waals surface area contributed by atoms with E-state index in [-0.39, 0.29) is 30.2 Å². The lowest BCUT2D eigenvalue weighted by Crippen LogP contribution is -2.41. The average molecular weight is 307 g/mol. The monoisotopic (exact) mass is 306 g/mol. The summed E-state index contributed by atoms with van der Waals surface area (Å²) in [6.45, 7) is 1.42. The lowest BCUT2D eigenvalue weighted by atomic mass is 10.1. The number of amides is 1. The fourth-order valence-corrected chi connectivity index (χ4v) is 2.34. The highest BCUT2D eigenvalue weighted by atomic mass is 35.5. The first-order valence-corrected chi connectivity index (χ1v) is 6.49. The second-order valence-electron chi connectivity index (χ2n) is 4.43. The van der Waals surface area contributed by atoms with Crippen molar-refractivity contribution >= 4 is 29.9 Å². The summed E-state index contributed by atoms with van der Waals surface area (Å²) < 4.78 is 12.8. The second kappa shape index (κ2) is 7.68. The Kier molecular flexibility index (Phi) is 6.55. The van der Waals surface area contributed by atoms with Gasteiger partial charge in [-0.3, -0.25) is 4.79 Å². The van der Waals surface area contributed by atoms with E-state index in [1.54, 1.807) is 6.07 Å². The molecule has 2 N–H and O–H groups in total. The van der Waals surface area contributed by atoms with E-state index in [1.807, 2.05) is 0 Å². The molecule has 1 aromatic rings. The lowest BCUT2D eigenvalue weighted by Gasteiger charge is -2.11. The Morgan fingerprint density at radius 3 is 2.95 bits per heavy atom. The molecule has 0 bridgehead atoms. The quantitative estimate of drug-likeness (QED) is 0.896. The van der Waals surface area contributed by atoms with E-state index in [0.717, 1.165) is 24.9 Å². The first-order valence-electron chi connectivity index (χ1n) is 6.12. The average Bonchev–Trinajstić information content (AvgIpc) is 2.85. The Labute approximate surface area is 123 Å². The summed E-state index contributed by atoms with van der Waals surface area (Å²) >= 11 is 5.91. The van der Waals surface area contributed by atoms with Gasteiger partial charge in [0.2, 0.25) is 5.91 Å².